The maximum atomic E-state index is 12.5. The van der Waals surface area contributed by atoms with Gasteiger partial charge in [-0.1, -0.05) is 12.1 Å². The molecule has 0 spiro atoms. The number of ether oxygens (including phenoxy) is 2. The summed E-state index contributed by atoms with van der Waals surface area (Å²) >= 11 is 0. The number of nitrogens with one attached hydrogen (secondary N) is 1. The molecule has 1 saturated heterocycles. The van der Waals surface area contributed by atoms with Gasteiger partial charge < -0.3 is 19.2 Å². The summed E-state index contributed by atoms with van der Waals surface area (Å²) < 4.78 is 16.5. The zero-order valence-corrected chi connectivity index (χ0v) is 13.1. The van der Waals surface area contributed by atoms with E-state index in [1.807, 2.05) is 32.0 Å². The smallest absolute Gasteiger partial charge is 0.287 e. The van der Waals surface area contributed by atoms with Crippen LogP contribution < -0.4 is 5.32 Å². The minimum atomic E-state index is -0.194. The molecule has 1 aliphatic rings. The van der Waals surface area contributed by atoms with E-state index in [9.17, 15) is 4.79 Å². The van der Waals surface area contributed by atoms with Gasteiger partial charge in [-0.25, -0.2) is 0 Å². The fraction of sp³-hybridized carbons (Fsp3) is 0.471. The number of methoxy groups -OCH3 is 1. The summed E-state index contributed by atoms with van der Waals surface area (Å²) in [6.07, 6.45) is 0.618. The summed E-state index contributed by atoms with van der Waals surface area (Å²) in [5.41, 5.74) is 2.73. The molecule has 2 heterocycles. The highest BCUT2D eigenvalue weighted by atomic mass is 16.5. The summed E-state index contributed by atoms with van der Waals surface area (Å²) in [6, 6.07) is 5.91. The lowest BCUT2D eigenvalue weighted by molar-refractivity contribution is -0.0480. The van der Waals surface area contributed by atoms with E-state index in [1.165, 1.54) is 0 Å². The monoisotopic (exact) mass is 303 g/mol. The van der Waals surface area contributed by atoms with Crippen LogP contribution in [0.2, 0.25) is 0 Å². The van der Waals surface area contributed by atoms with Crippen molar-refractivity contribution in [1.29, 1.82) is 0 Å². The quantitative estimate of drug-likeness (QED) is 0.946. The third-order valence-corrected chi connectivity index (χ3v) is 4.22. The molecule has 1 aliphatic heterocycles. The Morgan fingerprint density at radius 1 is 1.36 bits per heavy atom. The molecule has 2 atom stereocenters. The molecule has 5 nitrogen and oxygen atoms in total. The summed E-state index contributed by atoms with van der Waals surface area (Å²) in [6.45, 7) is 5.04. The third kappa shape index (κ3) is 2.74. The second-order valence-corrected chi connectivity index (χ2v) is 5.77. The Morgan fingerprint density at radius 2 is 2.18 bits per heavy atom. The highest BCUT2D eigenvalue weighted by Crippen LogP contribution is 2.26. The molecule has 1 aromatic heterocycles. The van der Waals surface area contributed by atoms with Gasteiger partial charge in [-0.05, 0) is 31.9 Å². The van der Waals surface area contributed by atoms with Gasteiger partial charge in [0.25, 0.3) is 5.91 Å². The first-order chi connectivity index (χ1) is 10.6. The van der Waals surface area contributed by atoms with E-state index >= 15 is 0 Å². The summed E-state index contributed by atoms with van der Waals surface area (Å²) in [5, 5.41) is 3.99. The van der Waals surface area contributed by atoms with Gasteiger partial charge in [-0.2, -0.15) is 0 Å². The van der Waals surface area contributed by atoms with Crippen molar-refractivity contribution in [3.05, 3.63) is 35.1 Å². The number of carbonyl (C=O) groups is 1. The van der Waals surface area contributed by atoms with Crippen LogP contribution >= 0.6 is 0 Å². The van der Waals surface area contributed by atoms with Crippen molar-refractivity contribution in [2.24, 2.45) is 0 Å². The topological polar surface area (TPSA) is 60.7 Å². The molecule has 1 aromatic carbocycles. The van der Waals surface area contributed by atoms with Gasteiger partial charge in [0.1, 0.15) is 11.7 Å². The Kier molecular flexibility index (Phi) is 4.18. The fourth-order valence-corrected chi connectivity index (χ4v) is 2.89. The van der Waals surface area contributed by atoms with Crippen LogP contribution in [0.3, 0.4) is 0 Å². The van der Waals surface area contributed by atoms with E-state index in [2.05, 4.69) is 5.32 Å². The van der Waals surface area contributed by atoms with Crippen LogP contribution in [0, 0.1) is 13.8 Å². The predicted molar refractivity (Wildman–Crippen MR) is 83.2 cm³/mol. The lowest BCUT2D eigenvalue weighted by atomic mass is 10.1. The Morgan fingerprint density at radius 3 is 2.95 bits per heavy atom. The SMILES string of the molecule is CO[C@@H]1COCC[C@H]1NC(=O)c1oc2cc(C)ccc2c1C. The van der Waals surface area contributed by atoms with Crippen LogP contribution in [0.1, 0.15) is 28.1 Å². The van der Waals surface area contributed by atoms with Crippen LogP contribution in [-0.4, -0.2) is 38.4 Å². The van der Waals surface area contributed by atoms with Gasteiger partial charge in [0, 0.05) is 24.7 Å². The number of carbonyl (C=O) groups excluding carboxylic acids is 1. The van der Waals surface area contributed by atoms with E-state index in [-0.39, 0.29) is 18.1 Å². The molecule has 1 fully saturated rings. The van der Waals surface area contributed by atoms with Crippen molar-refractivity contribution >= 4 is 16.9 Å². The summed E-state index contributed by atoms with van der Waals surface area (Å²) in [5.74, 6) is 0.183. The second kappa shape index (κ2) is 6.10. The first kappa shape index (κ1) is 15.1. The maximum Gasteiger partial charge on any atom is 0.287 e. The van der Waals surface area contributed by atoms with Gasteiger partial charge >= 0.3 is 0 Å². The molecule has 3 rings (SSSR count). The Balaban J connectivity index is 1.84. The first-order valence-electron chi connectivity index (χ1n) is 7.51. The van der Waals surface area contributed by atoms with Gasteiger partial charge in [0.15, 0.2) is 5.76 Å². The van der Waals surface area contributed by atoms with Crippen LogP contribution in [0.25, 0.3) is 11.0 Å². The van der Waals surface area contributed by atoms with Crippen LogP contribution in [0.4, 0.5) is 0 Å². The zero-order valence-electron chi connectivity index (χ0n) is 13.1. The number of rotatable bonds is 3. The lowest BCUT2D eigenvalue weighted by Crippen LogP contribution is -2.49. The highest BCUT2D eigenvalue weighted by molar-refractivity contribution is 5.99. The van der Waals surface area contributed by atoms with Crippen molar-refractivity contribution in [2.75, 3.05) is 20.3 Å². The average molecular weight is 303 g/mol. The number of hydrogen-bond donors (Lipinski definition) is 1. The van der Waals surface area contributed by atoms with Crippen molar-refractivity contribution in [3.63, 3.8) is 0 Å². The largest absolute Gasteiger partial charge is 0.451 e. The third-order valence-electron chi connectivity index (χ3n) is 4.22. The molecule has 1 amide bonds. The van der Waals surface area contributed by atoms with E-state index < -0.39 is 0 Å². The Bertz CT molecular complexity index is 691. The molecular formula is C17H21NO4. The molecule has 118 valence electrons. The molecule has 0 radical (unpaired) electrons. The van der Waals surface area contributed by atoms with Gasteiger partial charge in [0.05, 0.1) is 12.6 Å². The minimum absolute atomic E-state index is 0.0550. The van der Waals surface area contributed by atoms with E-state index in [0.717, 1.165) is 28.5 Å². The summed E-state index contributed by atoms with van der Waals surface area (Å²) in [4.78, 5) is 12.5. The normalized spacial score (nSPS) is 22.0. The number of furan rings is 1. The molecule has 0 unspecified atom stereocenters. The first-order valence-corrected chi connectivity index (χ1v) is 7.51. The molecule has 0 aliphatic carbocycles. The van der Waals surface area contributed by atoms with Gasteiger partial charge in [-0.15, -0.1) is 0 Å². The molecule has 22 heavy (non-hydrogen) atoms. The number of amides is 1. The maximum absolute atomic E-state index is 12.5. The number of benzene rings is 1. The average Bonchev–Trinajstić information content (AvgIpc) is 2.84. The van der Waals surface area contributed by atoms with Crippen molar-refractivity contribution < 1.29 is 18.7 Å². The molecule has 2 aromatic rings. The Hall–Kier alpha value is -1.85. The second-order valence-electron chi connectivity index (χ2n) is 5.77. The van der Waals surface area contributed by atoms with Gasteiger partial charge in [0.2, 0.25) is 0 Å². The van der Waals surface area contributed by atoms with E-state index in [1.54, 1.807) is 7.11 Å². The fourth-order valence-electron chi connectivity index (χ4n) is 2.89. The van der Waals surface area contributed by atoms with Crippen molar-refractivity contribution in [2.45, 2.75) is 32.4 Å². The van der Waals surface area contributed by atoms with Crippen molar-refractivity contribution in [1.82, 2.24) is 5.32 Å². The van der Waals surface area contributed by atoms with E-state index in [0.29, 0.717) is 19.0 Å². The standard InChI is InChI=1S/C17H21NO4/c1-10-4-5-12-11(2)16(22-14(12)8-10)17(19)18-13-6-7-21-9-15(13)20-3/h4-5,8,13,15H,6-7,9H2,1-3H3,(H,18,19)/t13-,15-/m1/s1. The number of fused-ring (bicyclic) bond motifs is 1. The Labute approximate surface area is 129 Å². The molecular weight excluding hydrogens is 282 g/mol. The van der Waals surface area contributed by atoms with Crippen LogP contribution in [0.15, 0.2) is 22.6 Å². The van der Waals surface area contributed by atoms with Crippen LogP contribution in [0.5, 0.6) is 0 Å². The molecule has 0 bridgehead atoms. The molecule has 1 N–H and O–H groups in total. The molecule has 0 saturated carbocycles. The summed E-state index contributed by atoms with van der Waals surface area (Å²) in [7, 11) is 1.63. The minimum Gasteiger partial charge on any atom is -0.451 e. The zero-order chi connectivity index (χ0) is 15.7. The van der Waals surface area contributed by atoms with Crippen LogP contribution in [-0.2, 0) is 9.47 Å². The number of aryl methyl sites for hydroxylation is 2. The highest BCUT2D eigenvalue weighted by Gasteiger charge is 2.29. The van der Waals surface area contributed by atoms with Crippen molar-refractivity contribution in [3.8, 4) is 0 Å². The number of hydrogen-bond acceptors (Lipinski definition) is 4. The van der Waals surface area contributed by atoms with Gasteiger partial charge in [-0.3, -0.25) is 4.79 Å². The molecule has 5 heteroatoms. The lowest BCUT2D eigenvalue weighted by Gasteiger charge is -2.30. The van der Waals surface area contributed by atoms with E-state index in [4.69, 9.17) is 13.9 Å². The predicted octanol–water partition coefficient (Wildman–Crippen LogP) is 2.58.